The number of aryl methyl sites for hydroxylation is 1. The van der Waals surface area contributed by atoms with Gasteiger partial charge in [0.1, 0.15) is 0 Å². The Labute approximate surface area is 164 Å². The number of rotatable bonds is 6. The van der Waals surface area contributed by atoms with Crippen LogP contribution in [0.15, 0.2) is 21.7 Å². The topological polar surface area (TPSA) is 52.9 Å². The Kier molecular flexibility index (Phi) is 10.5. The van der Waals surface area contributed by atoms with Crippen LogP contribution in [-0.4, -0.2) is 60.5 Å². The van der Waals surface area contributed by atoms with Gasteiger partial charge in [-0.2, -0.15) is 0 Å². The fourth-order valence-electron chi connectivity index (χ4n) is 1.99. The number of amides is 1. The zero-order valence-corrected chi connectivity index (χ0v) is 18.4. The molecule has 0 atom stereocenters. The molecular formula is C15H27BrIN5O. The van der Waals surface area contributed by atoms with E-state index in [2.05, 4.69) is 41.8 Å². The molecule has 0 radical (unpaired) electrons. The number of aromatic nitrogens is 1. The number of nitrogens with zero attached hydrogens (tertiary/aromatic N) is 4. The van der Waals surface area contributed by atoms with E-state index in [0.29, 0.717) is 13.0 Å². The van der Waals surface area contributed by atoms with E-state index in [1.165, 1.54) is 5.69 Å². The van der Waals surface area contributed by atoms with Gasteiger partial charge in [0, 0.05) is 57.5 Å². The molecule has 0 unspecified atom stereocenters. The lowest BCUT2D eigenvalue weighted by molar-refractivity contribution is -0.128. The van der Waals surface area contributed by atoms with Gasteiger partial charge >= 0.3 is 0 Å². The molecule has 0 aromatic carbocycles. The van der Waals surface area contributed by atoms with Crippen molar-refractivity contribution in [1.29, 1.82) is 0 Å². The lowest BCUT2D eigenvalue weighted by atomic mass is 10.4. The van der Waals surface area contributed by atoms with E-state index in [9.17, 15) is 4.79 Å². The molecule has 0 aliphatic carbocycles. The minimum atomic E-state index is 0. The highest BCUT2D eigenvalue weighted by molar-refractivity contribution is 14.0. The Morgan fingerprint density at radius 1 is 1.39 bits per heavy atom. The molecule has 0 spiro atoms. The number of hydrogen-bond donors (Lipinski definition) is 1. The van der Waals surface area contributed by atoms with Crippen molar-refractivity contribution in [1.82, 2.24) is 19.7 Å². The van der Waals surface area contributed by atoms with Gasteiger partial charge in [-0.05, 0) is 28.9 Å². The minimum absolute atomic E-state index is 0. The first-order valence-corrected chi connectivity index (χ1v) is 8.14. The smallest absolute Gasteiger partial charge is 0.223 e. The first kappa shape index (κ1) is 22.2. The highest BCUT2D eigenvalue weighted by Gasteiger charge is 2.10. The third-order valence-corrected chi connectivity index (χ3v) is 3.69. The molecule has 8 heteroatoms. The van der Waals surface area contributed by atoms with Crippen LogP contribution in [0.3, 0.4) is 0 Å². The van der Waals surface area contributed by atoms with Gasteiger partial charge in [-0.15, -0.1) is 24.0 Å². The van der Waals surface area contributed by atoms with Gasteiger partial charge in [0.2, 0.25) is 5.91 Å². The summed E-state index contributed by atoms with van der Waals surface area (Å²) in [6, 6.07) is 2.09. The quantitative estimate of drug-likeness (QED) is 0.371. The summed E-state index contributed by atoms with van der Waals surface area (Å²) >= 11 is 3.48. The van der Waals surface area contributed by atoms with Crippen molar-refractivity contribution in [2.45, 2.75) is 19.9 Å². The number of hydrogen-bond acceptors (Lipinski definition) is 2. The Morgan fingerprint density at radius 2 is 2.04 bits per heavy atom. The zero-order valence-electron chi connectivity index (χ0n) is 14.5. The fraction of sp³-hybridized carbons (Fsp3) is 0.600. The normalized spacial score (nSPS) is 11.0. The van der Waals surface area contributed by atoms with Crippen LogP contribution < -0.4 is 5.32 Å². The largest absolute Gasteiger partial charge is 0.357 e. The van der Waals surface area contributed by atoms with Crippen LogP contribution in [0.1, 0.15) is 19.0 Å². The number of carbonyl (C=O) groups is 1. The SMILES string of the molecule is CCNC(=NCCC(=O)N(C)C)N(C)Cc1cc(Br)cn1C.I. The van der Waals surface area contributed by atoms with Gasteiger partial charge in [-0.25, -0.2) is 0 Å². The van der Waals surface area contributed by atoms with Gasteiger partial charge in [0.25, 0.3) is 0 Å². The number of aliphatic imine (C=N–C) groups is 1. The molecule has 1 aromatic heterocycles. The third kappa shape index (κ3) is 7.56. The first-order chi connectivity index (χ1) is 10.3. The van der Waals surface area contributed by atoms with Crippen molar-refractivity contribution in [3.63, 3.8) is 0 Å². The number of guanidine groups is 1. The molecule has 0 fully saturated rings. The summed E-state index contributed by atoms with van der Waals surface area (Å²) in [6.07, 6.45) is 2.45. The van der Waals surface area contributed by atoms with Crippen molar-refractivity contribution < 1.29 is 4.79 Å². The van der Waals surface area contributed by atoms with Crippen molar-refractivity contribution in [2.24, 2.45) is 12.0 Å². The molecule has 1 amide bonds. The maximum Gasteiger partial charge on any atom is 0.223 e. The second-order valence-electron chi connectivity index (χ2n) is 5.39. The van der Waals surface area contributed by atoms with Crippen LogP contribution in [0.2, 0.25) is 0 Å². The molecule has 132 valence electrons. The Bertz CT molecular complexity index is 530. The molecule has 0 aliphatic heterocycles. The maximum absolute atomic E-state index is 11.6. The first-order valence-electron chi connectivity index (χ1n) is 7.35. The van der Waals surface area contributed by atoms with Gasteiger partial charge in [-0.3, -0.25) is 9.79 Å². The molecule has 1 N–H and O–H groups in total. The average Bonchev–Trinajstić information content (AvgIpc) is 2.75. The molecule has 0 saturated carbocycles. The number of carbonyl (C=O) groups excluding carboxylic acids is 1. The van der Waals surface area contributed by atoms with Crippen LogP contribution in [0, 0.1) is 0 Å². The summed E-state index contributed by atoms with van der Waals surface area (Å²) in [5, 5.41) is 3.26. The van der Waals surface area contributed by atoms with Crippen LogP contribution in [0.25, 0.3) is 0 Å². The molecule has 6 nitrogen and oxygen atoms in total. The zero-order chi connectivity index (χ0) is 16.7. The molecule has 1 rings (SSSR count). The van der Waals surface area contributed by atoms with Crippen molar-refractivity contribution in [3.05, 3.63) is 22.4 Å². The lowest BCUT2D eigenvalue weighted by Gasteiger charge is -2.22. The fourth-order valence-corrected chi connectivity index (χ4v) is 2.56. The van der Waals surface area contributed by atoms with E-state index < -0.39 is 0 Å². The van der Waals surface area contributed by atoms with Crippen LogP contribution in [0.4, 0.5) is 0 Å². The summed E-state index contributed by atoms with van der Waals surface area (Å²) in [5.41, 5.74) is 1.18. The lowest BCUT2D eigenvalue weighted by Crippen LogP contribution is -2.39. The van der Waals surface area contributed by atoms with Gasteiger partial charge in [0.05, 0.1) is 13.1 Å². The van der Waals surface area contributed by atoms with E-state index in [1.807, 2.05) is 27.2 Å². The molecular weight excluding hydrogens is 473 g/mol. The maximum atomic E-state index is 11.6. The standard InChI is InChI=1S/C15H26BrN5O.HI/c1-6-17-15(18-8-7-14(22)19(2)3)21(5)11-13-9-12(16)10-20(13)4;/h9-10H,6-8,11H2,1-5H3,(H,17,18);1H. The highest BCUT2D eigenvalue weighted by atomic mass is 127. The van der Waals surface area contributed by atoms with E-state index in [1.54, 1.807) is 19.0 Å². The summed E-state index contributed by atoms with van der Waals surface area (Å²) in [6.45, 7) is 4.06. The van der Waals surface area contributed by atoms with Crippen molar-refractivity contribution in [3.8, 4) is 0 Å². The molecule has 1 aromatic rings. The van der Waals surface area contributed by atoms with E-state index in [4.69, 9.17) is 0 Å². The molecule has 0 aliphatic rings. The van der Waals surface area contributed by atoms with Crippen molar-refractivity contribution in [2.75, 3.05) is 34.2 Å². The predicted molar refractivity (Wildman–Crippen MR) is 109 cm³/mol. The van der Waals surface area contributed by atoms with Crippen LogP contribution >= 0.6 is 39.9 Å². The monoisotopic (exact) mass is 499 g/mol. The summed E-state index contributed by atoms with van der Waals surface area (Å²) in [7, 11) is 7.54. The van der Waals surface area contributed by atoms with Crippen LogP contribution in [0.5, 0.6) is 0 Å². The second kappa shape index (κ2) is 10.9. The number of halogens is 2. The molecule has 0 saturated heterocycles. The molecule has 1 heterocycles. The van der Waals surface area contributed by atoms with E-state index in [-0.39, 0.29) is 29.9 Å². The van der Waals surface area contributed by atoms with Gasteiger partial charge < -0.3 is 19.7 Å². The summed E-state index contributed by atoms with van der Waals surface area (Å²) < 4.78 is 3.15. The van der Waals surface area contributed by atoms with Crippen LogP contribution in [-0.2, 0) is 18.4 Å². The number of nitrogens with one attached hydrogen (secondary N) is 1. The van der Waals surface area contributed by atoms with Crippen molar-refractivity contribution >= 4 is 51.8 Å². The Morgan fingerprint density at radius 3 is 2.52 bits per heavy atom. The van der Waals surface area contributed by atoms with E-state index in [0.717, 1.165) is 23.5 Å². The Balaban J connectivity index is 0.00000484. The molecule has 0 bridgehead atoms. The highest BCUT2D eigenvalue weighted by Crippen LogP contribution is 2.14. The average molecular weight is 500 g/mol. The Hall–Kier alpha value is -0.770. The summed E-state index contributed by atoms with van der Waals surface area (Å²) in [4.78, 5) is 19.8. The van der Waals surface area contributed by atoms with Gasteiger partial charge in [0.15, 0.2) is 5.96 Å². The van der Waals surface area contributed by atoms with Gasteiger partial charge in [-0.1, -0.05) is 0 Å². The molecule has 23 heavy (non-hydrogen) atoms. The summed E-state index contributed by atoms with van der Waals surface area (Å²) in [5.74, 6) is 0.903. The third-order valence-electron chi connectivity index (χ3n) is 3.26. The van der Waals surface area contributed by atoms with E-state index >= 15 is 0 Å². The minimum Gasteiger partial charge on any atom is -0.357 e. The second-order valence-corrected chi connectivity index (χ2v) is 6.31. The predicted octanol–water partition coefficient (Wildman–Crippen LogP) is 2.28.